The Morgan fingerprint density at radius 1 is 1.03 bits per heavy atom. The Morgan fingerprint density at radius 2 is 1.68 bits per heavy atom. The van der Waals surface area contributed by atoms with Crippen molar-refractivity contribution in [1.29, 1.82) is 0 Å². The Kier molecular flexibility index (Phi) is 7.50. The third kappa shape index (κ3) is 5.58. The molecule has 1 fully saturated rings. The Labute approximate surface area is 199 Å². The zero-order valence-corrected chi connectivity index (χ0v) is 19.5. The lowest BCUT2D eigenvalue weighted by Crippen LogP contribution is -2.40. The third-order valence-electron chi connectivity index (χ3n) is 6.90. The van der Waals surface area contributed by atoms with Crippen molar-refractivity contribution in [2.24, 2.45) is 5.92 Å². The van der Waals surface area contributed by atoms with Crippen molar-refractivity contribution >= 4 is 18.0 Å². The highest BCUT2D eigenvalue weighted by Gasteiger charge is 2.30. The average Bonchev–Trinajstić information content (AvgIpc) is 3.15. The van der Waals surface area contributed by atoms with Gasteiger partial charge in [-0.3, -0.25) is 9.59 Å². The number of aliphatic carboxylic acids is 1. The minimum atomic E-state index is -0.792. The van der Waals surface area contributed by atoms with Gasteiger partial charge in [-0.15, -0.1) is 0 Å². The van der Waals surface area contributed by atoms with Crippen LogP contribution < -0.4 is 10.6 Å². The number of nitrogens with one attached hydrogen (secondary N) is 2. The maximum Gasteiger partial charge on any atom is 0.407 e. The lowest BCUT2D eigenvalue weighted by atomic mass is 9.85. The van der Waals surface area contributed by atoms with Gasteiger partial charge in [0, 0.05) is 24.4 Å². The van der Waals surface area contributed by atoms with Crippen LogP contribution in [0, 0.1) is 5.92 Å². The largest absolute Gasteiger partial charge is 0.481 e. The van der Waals surface area contributed by atoms with Crippen LogP contribution in [0.15, 0.2) is 48.5 Å². The number of carbonyl (C=O) groups excluding carboxylic acids is 2. The normalized spacial score (nSPS) is 20.0. The van der Waals surface area contributed by atoms with Crippen LogP contribution >= 0.6 is 0 Å². The van der Waals surface area contributed by atoms with Gasteiger partial charge in [-0.05, 0) is 54.9 Å². The highest BCUT2D eigenvalue weighted by Crippen LogP contribution is 2.44. The molecule has 2 aromatic carbocycles. The number of carboxylic acid groups (broad SMARTS) is 1. The maximum atomic E-state index is 12.4. The van der Waals surface area contributed by atoms with Gasteiger partial charge in [0.05, 0.1) is 5.92 Å². The van der Waals surface area contributed by atoms with Gasteiger partial charge in [0.1, 0.15) is 6.61 Å². The van der Waals surface area contributed by atoms with Gasteiger partial charge in [-0.25, -0.2) is 4.79 Å². The standard InChI is InChI=1S/C27H32N2O5/c1-17(13-14-25(30)29-19-8-6-7-18(15-19)26(31)32)28-27(33)34-16-24-22-11-4-2-9-20(22)21-10-3-5-12-23(21)24/h2-5,9-12,17-19,24H,6-8,13-16H2,1H3,(H,28,33)(H,29,30)(H,31,32)/t17?,18-,19+/m0/s1. The highest BCUT2D eigenvalue weighted by atomic mass is 16.5. The SMILES string of the molecule is CC(CCC(=O)N[C@@H]1CCC[C@H](C(=O)O)C1)NC(=O)OCC1c2ccccc2-c2ccccc21. The van der Waals surface area contributed by atoms with E-state index >= 15 is 0 Å². The summed E-state index contributed by atoms with van der Waals surface area (Å²) < 4.78 is 5.57. The van der Waals surface area contributed by atoms with Crippen LogP contribution in [-0.2, 0) is 14.3 Å². The number of fused-ring (bicyclic) bond motifs is 3. The summed E-state index contributed by atoms with van der Waals surface area (Å²) >= 11 is 0. The molecule has 34 heavy (non-hydrogen) atoms. The predicted molar refractivity (Wildman–Crippen MR) is 128 cm³/mol. The molecular weight excluding hydrogens is 432 g/mol. The van der Waals surface area contributed by atoms with Crippen LogP contribution in [0.25, 0.3) is 11.1 Å². The van der Waals surface area contributed by atoms with E-state index in [9.17, 15) is 19.5 Å². The van der Waals surface area contributed by atoms with Gasteiger partial charge >= 0.3 is 12.1 Å². The van der Waals surface area contributed by atoms with Crippen LogP contribution in [0.3, 0.4) is 0 Å². The molecule has 1 unspecified atom stereocenters. The molecule has 7 nitrogen and oxygen atoms in total. The van der Waals surface area contributed by atoms with Crippen molar-refractivity contribution < 1.29 is 24.2 Å². The highest BCUT2D eigenvalue weighted by molar-refractivity contribution is 5.79. The molecule has 2 amide bonds. The molecule has 3 atom stereocenters. The van der Waals surface area contributed by atoms with Crippen LogP contribution in [0.4, 0.5) is 4.79 Å². The average molecular weight is 465 g/mol. The summed E-state index contributed by atoms with van der Waals surface area (Å²) in [5.41, 5.74) is 4.68. The fourth-order valence-electron chi connectivity index (χ4n) is 5.11. The van der Waals surface area contributed by atoms with E-state index in [2.05, 4.69) is 34.9 Å². The van der Waals surface area contributed by atoms with Gasteiger partial charge in [-0.2, -0.15) is 0 Å². The van der Waals surface area contributed by atoms with Crippen molar-refractivity contribution in [1.82, 2.24) is 10.6 Å². The number of carboxylic acids is 1. The van der Waals surface area contributed by atoms with E-state index in [-0.39, 0.29) is 42.9 Å². The molecule has 4 rings (SSSR count). The number of rotatable bonds is 8. The van der Waals surface area contributed by atoms with E-state index in [1.807, 2.05) is 31.2 Å². The van der Waals surface area contributed by atoms with E-state index in [0.717, 1.165) is 24.0 Å². The van der Waals surface area contributed by atoms with Gasteiger partial charge in [-0.1, -0.05) is 55.0 Å². The van der Waals surface area contributed by atoms with E-state index in [1.54, 1.807) is 0 Å². The lowest BCUT2D eigenvalue weighted by molar-refractivity contribution is -0.143. The molecular formula is C27H32N2O5. The fourth-order valence-corrected chi connectivity index (χ4v) is 5.11. The number of benzene rings is 2. The molecule has 180 valence electrons. The summed E-state index contributed by atoms with van der Waals surface area (Å²) in [6, 6.07) is 16.1. The van der Waals surface area contributed by atoms with Gasteiger partial charge in [0.15, 0.2) is 0 Å². The minimum absolute atomic E-state index is 0.00403. The fraction of sp³-hybridized carbons (Fsp3) is 0.444. The van der Waals surface area contributed by atoms with E-state index in [1.165, 1.54) is 11.1 Å². The zero-order chi connectivity index (χ0) is 24.1. The van der Waals surface area contributed by atoms with Crippen LogP contribution in [0.5, 0.6) is 0 Å². The Hall–Kier alpha value is -3.35. The lowest BCUT2D eigenvalue weighted by Gasteiger charge is -2.27. The molecule has 0 aromatic heterocycles. The molecule has 7 heteroatoms. The molecule has 0 aliphatic heterocycles. The molecule has 3 N–H and O–H groups in total. The summed E-state index contributed by atoms with van der Waals surface area (Å²) in [6.07, 6.45) is 3.01. The summed E-state index contributed by atoms with van der Waals surface area (Å²) in [5, 5.41) is 15.0. The summed E-state index contributed by atoms with van der Waals surface area (Å²) in [7, 11) is 0. The number of carbonyl (C=O) groups is 3. The van der Waals surface area contributed by atoms with Crippen LogP contribution in [0.2, 0.25) is 0 Å². The molecule has 1 saturated carbocycles. The van der Waals surface area contributed by atoms with Crippen molar-refractivity contribution in [2.75, 3.05) is 6.61 Å². The first-order valence-electron chi connectivity index (χ1n) is 12.1. The van der Waals surface area contributed by atoms with Gasteiger partial charge in [0.25, 0.3) is 0 Å². The molecule has 0 saturated heterocycles. The maximum absolute atomic E-state index is 12.4. The van der Waals surface area contributed by atoms with E-state index in [0.29, 0.717) is 19.3 Å². The minimum Gasteiger partial charge on any atom is -0.481 e. The van der Waals surface area contributed by atoms with Crippen molar-refractivity contribution in [3.63, 3.8) is 0 Å². The van der Waals surface area contributed by atoms with Crippen molar-refractivity contribution in [2.45, 2.75) is 63.5 Å². The number of ether oxygens (including phenoxy) is 1. The monoisotopic (exact) mass is 464 g/mol. The summed E-state index contributed by atoms with van der Waals surface area (Å²) in [5.74, 6) is -1.28. The second-order valence-corrected chi connectivity index (χ2v) is 9.38. The first kappa shape index (κ1) is 23.8. The first-order chi connectivity index (χ1) is 16.4. The number of hydrogen-bond acceptors (Lipinski definition) is 4. The third-order valence-corrected chi connectivity index (χ3v) is 6.90. The smallest absolute Gasteiger partial charge is 0.407 e. The van der Waals surface area contributed by atoms with Crippen molar-refractivity contribution in [3.8, 4) is 11.1 Å². The molecule has 0 radical (unpaired) electrons. The molecule has 2 aromatic rings. The van der Waals surface area contributed by atoms with Crippen LogP contribution in [-0.4, -0.2) is 41.8 Å². The topological polar surface area (TPSA) is 105 Å². The number of alkyl carbamates (subject to hydrolysis) is 1. The summed E-state index contributed by atoms with van der Waals surface area (Å²) in [4.78, 5) is 35.9. The second kappa shape index (κ2) is 10.7. The molecule has 0 spiro atoms. The van der Waals surface area contributed by atoms with Crippen LogP contribution in [0.1, 0.15) is 62.5 Å². The molecule has 0 heterocycles. The quantitative estimate of drug-likeness (QED) is 0.535. The molecule has 2 aliphatic carbocycles. The number of amides is 2. The van der Waals surface area contributed by atoms with Gasteiger partial charge in [0.2, 0.25) is 5.91 Å². The molecule has 0 bridgehead atoms. The predicted octanol–water partition coefficient (Wildman–Crippen LogP) is 4.45. The molecule has 2 aliphatic rings. The van der Waals surface area contributed by atoms with Gasteiger partial charge < -0.3 is 20.5 Å². The number of hydrogen-bond donors (Lipinski definition) is 3. The van der Waals surface area contributed by atoms with Crippen molar-refractivity contribution in [3.05, 3.63) is 59.7 Å². The van der Waals surface area contributed by atoms with E-state index < -0.39 is 12.1 Å². The Morgan fingerprint density at radius 3 is 2.32 bits per heavy atom. The zero-order valence-electron chi connectivity index (χ0n) is 19.5. The first-order valence-corrected chi connectivity index (χ1v) is 12.1. The summed E-state index contributed by atoms with van der Waals surface area (Å²) in [6.45, 7) is 2.09. The van der Waals surface area contributed by atoms with E-state index in [4.69, 9.17) is 4.74 Å². The second-order valence-electron chi connectivity index (χ2n) is 9.38. The Balaban J connectivity index is 1.21. The Bertz CT molecular complexity index is 1010.